The molecule has 0 saturated carbocycles. The van der Waals surface area contributed by atoms with Gasteiger partial charge < -0.3 is 15.4 Å². The molecule has 0 unspecified atom stereocenters. The van der Waals surface area contributed by atoms with Crippen LogP contribution in [-0.2, 0) is 11.3 Å². The minimum Gasteiger partial charge on any atom is -0.445 e. The van der Waals surface area contributed by atoms with Gasteiger partial charge in [-0.05, 0) is 49.1 Å². The first-order valence-electron chi connectivity index (χ1n) is 11.7. The zero-order valence-corrected chi connectivity index (χ0v) is 20.4. The Morgan fingerprint density at radius 2 is 1.69 bits per heavy atom. The summed E-state index contributed by atoms with van der Waals surface area (Å²) >= 11 is 1.31. The van der Waals surface area contributed by atoms with Crippen LogP contribution in [0.3, 0.4) is 0 Å². The molecular formula is C27H26N4O4S. The number of hydrogen-bond acceptors (Lipinski definition) is 7. The van der Waals surface area contributed by atoms with Crippen LogP contribution in [0.1, 0.15) is 45.1 Å². The molecule has 1 atom stereocenters. The molecule has 0 aliphatic carbocycles. The number of pyridine rings is 1. The van der Waals surface area contributed by atoms with Gasteiger partial charge >= 0.3 is 6.09 Å². The number of para-hydroxylation sites is 1. The molecule has 0 aliphatic heterocycles. The van der Waals surface area contributed by atoms with Crippen molar-refractivity contribution in [1.29, 1.82) is 0 Å². The van der Waals surface area contributed by atoms with Crippen LogP contribution in [0.2, 0.25) is 0 Å². The number of ether oxygens (including phenoxy) is 1. The lowest BCUT2D eigenvalue weighted by Gasteiger charge is -2.16. The number of amides is 2. The number of carbonyl (C=O) groups is 3. The first-order chi connectivity index (χ1) is 17.6. The highest BCUT2D eigenvalue weighted by molar-refractivity contribution is 7.20. The summed E-state index contributed by atoms with van der Waals surface area (Å²) in [6.45, 7) is 0.592. The fourth-order valence-electron chi connectivity index (χ4n) is 3.56. The molecule has 4 rings (SSSR count). The fraction of sp³-hybridized carbons (Fsp3) is 0.222. The standard InChI is InChI=1S/C27H26N4O4S/c32-24(26-31-20-12-4-5-15-23(20)36-26)21(30-25(33)22-14-7-8-16-28-22)13-6-9-17-29-27(34)35-18-19-10-2-1-3-11-19/h1-5,7-8,10-12,14-16,21H,6,9,13,17-18H2,(H,29,34)(H,30,33)/t21-/m0/s1. The summed E-state index contributed by atoms with van der Waals surface area (Å²) in [6, 6.07) is 21.2. The van der Waals surface area contributed by atoms with Crippen molar-refractivity contribution in [3.63, 3.8) is 0 Å². The minimum absolute atomic E-state index is 0.199. The van der Waals surface area contributed by atoms with Crippen LogP contribution in [-0.4, -0.2) is 40.3 Å². The molecule has 0 bridgehead atoms. The smallest absolute Gasteiger partial charge is 0.407 e. The summed E-state index contributed by atoms with van der Waals surface area (Å²) in [5.74, 6) is -0.659. The average Bonchev–Trinajstić information content (AvgIpc) is 3.36. The van der Waals surface area contributed by atoms with E-state index >= 15 is 0 Å². The number of ketones is 1. The number of unbranched alkanes of at least 4 members (excludes halogenated alkanes) is 1. The second-order valence-electron chi connectivity index (χ2n) is 8.08. The van der Waals surface area contributed by atoms with Crippen LogP contribution < -0.4 is 10.6 Å². The van der Waals surface area contributed by atoms with Crippen molar-refractivity contribution in [2.24, 2.45) is 0 Å². The number of rotatable bonds is 11. The first-order valence-corrected chi connectivity index (χ1v) is 12.5. The van der Waals surface area contributed by atoms with E-state index in [1.165, 1.54) is 17.5 Å². The van der Waals surface area contributed by atoms with Gasteiger partial charge in [0.1, 0.15) is 12.3 Å². The summed E-state index contributed by atoms with van der Waals surface area (Å²) < 4.78 is 6.12. The van der Waals surface area contributed by atoms with Crippen LogP contribution in [0.5, 0.6) is 0 Å². The van der Waals surface area contributed by atoms with E-state index in [4.69, 9.17) is 4.74 Å². The Kier molecular flexibility index (Phi) is 8.72. The van der Waals surface area contributed by atoms with Gasteiger partial charge in [-0.3, -0.25) is 14.6 Å². The maximum atomic E-state index is 13.3. The maximum absolute atomic E-state index is 13.3. The van der Waals surface area contributed by atoms with E-state index in [0.717, 1.165) is 15.8 Å². The van der Waals surface area contributed by atoms with Crippen LogP contribution in [0.4, 0.5) is 4.79 Å². The number of benzene rings is 2. The van der Waals surface area contributed by atoms with Gasteiger partial charge in [0, 0.05) is 12.7 Å². The van der Waals surface area contributed by atoms with Crippen LogP contribution in [0.15, 0.2) is 79.0 Å². The number of thiazole rings is 1. The normalized spacial score (nSPS) is 11.6. The molecule has 2 aromatic carbocycles. The van der Waals surface area contributed by atoms with E-state index in [0.29, 0.717) is 30.8 Å². The molecule has 184 valence electrons. The predicted octanol–water partition coefficient (Wildman–Crippen LogP) is 4.77. The lowest BCUT2D eigenvalue weighted by atomic mass is 10.0. The molecule has 36 heavy (non-hydrogen) atoms. The molecule has 9 heteroatoms. The molecular weight excluding hydrogens is 476 g/mol. The second kappa shape index (κ2) is 12.6. The molecule has 0 radical (unpaired) electrons. The van der Waals surface area contributed by atoms with Crippen molar-refractivity contribution in [1.82, 2.24) is 20.6 Å². The highest BCUT2D eigenvalue weighted by atomic mass is 32.1. The van der Waals surface area contributed by atoms with Crippen molar-refractivity contribution in [3.05, 3.63) is 95.3 Å². The fourth-order valence-corrected chi connectivity index (χ4v) is 4.52. The van der Waals surface area contributed by atoms with Gasteiger partial charge in [0.2, 0.25) is 5.78 Å². The molecule has 8 nitrogen and oxygen atoms in total. The molecule has 0 spiro atoms. The third-order valence-electron chi connectivity index (χ3n) is 5.43. The lowest BCUT2D eigenvalue weighted by molar-refractivity contribution is 0.0848. The summed E-state index contributed by atoms with van der Waals surface area (Å²) in [5.41, 5.74) is 1.90. The zero-order chi connectivity index (χ0) is 25.2. The molecule has 0 fully saturated rings. The van der Waals surface area contributed by atoms with E-state index in [-0.39, 0.29) is 18.1 Å². The Balaban J connectivity index is 1.31. The van der Waals surface area contributed by atoms with Crippen molar-refractivity contribution in [2.75, 3.05) is 6.54 Å². The minimum atomic E-state index is -0.759. The SMILES string of the molecule is O=C(NCCCC[C@H](NC(=O)c1ccccn1)C(=O)c1nc2ccccc2s1)OCc1ccccc1. The summed E-state index contributed by atoms with van der Waals surface area (Å²) in [6.07, 6.45) is 2.65. The first kappa shape index (κ1) is 25.0. The van der Waals surface area contributed by atoms with Crippen molar-refractivity contribution in [2.45, 2.75) is 31.9 Å². The lowest BCUT2D eigenvalue weighted by Crippen LogP contribution is -2.41. The van der Waals surface area contributed by atoms with Crippen molar-refractivity contribution in [3.8, 4) is 0 Å². The van der Waals surface area contributed by atoms with Gasteiger partial charge in [-0.1, -0.05) is 48.5 Å². The topological polar surface area (TPSA) is 110 Å². The van der Waals surface area contributed by atoms with E-state index in [1.54, 1.807) is 18.2 Å². The van der Waals surface area contributed by atoms with Crippen molar-refractivity contribution < 1.29 is 19.1 Å². The highest BCUT2D eigenvalue weighted by Crippen LogP contribution is 2.23. The number of Topliss-reactive ketones (excluding diaryl/α,β-unsaturated/α-hetero) is 1. The Hall–Kier alpha value is -4.11. The molecule has 0 saturated heterocycles. The molecule has 0 aliphatic rings. The Morgan fingerprint density at radius 1 is 0.917 bits per heavy atom. The van der Waals surface area contributed by atoms with Gasteiger partial charge in [0.05, 0.1) is 16.3 Å². The molecule has 2 heterocycles. The number of nitrogens with one attached hydrogen (secondary N) is 2. The van der Waals surface area contributed by atoms with Crippen LogP contribution in [0, 0.1) is 0 Å². The zero-order valence-electron chi connectivity index (χ0n) is 19.6. The van der Waals surface area contributed by atoms with Gasteiger partial charge in [0.15, 0.2) is 5.01 Å². The van der Waals surface area contributed by atoms with Gasteiger partial charge in [-0.25, -0.2) is 9.78 Å². The number of hydrogen-bond donors (Lipinski definition) is 2. The predicted molar refractivity (Wildman–Crippen MR) is 138 cm³/mol. The number of fused-ring (bicyclic) bond motifs is 1. The van der Waals surface area contributed by atoms with E-state index in [9.17, 15) is 14.4 Å². The third-order valence-corrected chi connectivity index (χ3v) is 6.48. The Labute approximate surface area is 212 Å². The Bertz CT molecular complexity index is 1280. The largest absolute Gasteiger partial charge is 0.445 e. The van der Waals surface area contributed by atoms with E-state index < -0.39 is 18.0 Å². The second-order valence-corrected chi connectivity index (χ2v) is 9.11. The summed E-state index contributed by atoms with van der Waals surface area (Å²) in [5, 5.41) is 5.89. The molecule has 2 amide bonds. The number of nitrogens with zero attached hydrogens (tertiary/aromatic N) is 2. The quantitative estimate of drug-likeness (QED) is 0.226. The number of aromatic nitrogens is 2. The maximum Gasteiger partial charge on any atom is 0.407 e. The monoisotopic (exact) mass is 502 g/mol. The molecule has 2 aromatic heterocycles. The highest BCUT2D eigenvalue weighted by Gasteiger charge is 2.25. The van der Waals surface area contributed by atoms with Gasteiger partial charge in [0.25, 0.3) is 5.91 Å². The summed E-state index contributed by atoms with van der Waals surface area (Å²) in [4.78, 5) is 46.5. The Morgan fingerprint density at radius 3 is 2.47 bits per heavy atom. The third kappa shape index (κ3) is 6.96. The molecule has 4 aromatic rings. The van der Waals surface area contributed by atoms with Crippen molar-refractivity contribution >= 4 is 39.3 Å². The van der Waals surface area contributed by atoms with Gasteiger partial charge in [-0.15, -0.1) is 11.3 Å². The van der Waals surface area contributed by atoms with E-state index in [1.807, 2.05) is 54.6 Å². The van der Waals surface area contributed by atoms with E-state index in [2.05, 4.69) is 20.6 Å². The van der Waals surface area contributed by atoms with Crippen LogP contribution in [0.25, 0.3) is 10.2 Å². The molecule has 2 N–H and O–H groups in total. The number of carbonyl (C=O) groups excluding carboxylic acids is 3. The van der Waals surface area contributed by atoms with Gasteiger partial charge in [-0.2, -0.15) is 0 Å². The van der Waals surface area contributed by atoms with Crippen LogP contribution >= 0.6 is 11.3 Å². The summed E-state index contributed by atoms with van der Waals surface area (Å²) in [7, 11) is 0. The number of alkyl carbamates (subject to hydrolysis) is 1. The average molecular weight is 503 g/mol.